The van der Waals surface area contributed by atoms with Gasteiger partial charge in [0.1, 0.15) is 0 Å². The lowest BCUT2D eigenvalue weighted by Crippen LogP contribution is -2.51. The summed E-state index contributed by atoms with van der Waals surface area (Å²) < 4.78 is 0. The molecule has 1 atom stereocenters. The summed E-state index contributed by atoms with van der Waals surface area (Å²) in [6.45, 7) is 4.97. The molecule has 1 amide bonds. The summed E-state index contributed by atoms with van der Waals surface area (Å²) in [5, 5.41) is 21.8. The molecule has 1 aromatic rings. The Bertz CT molecular complexity index is 428. The molecule has 0 heterocycles. The zero-order chi connectivity index (χ0) is 13.2. The highest BCUT2D eigenvalue weighted by Gasteiger charge is 2.27. The summed E-state index contributed by atoms with van der Waals surface area (Å²) in [5.41, 5.74) is 4.96. The minimum Gasteiger partial charge on any atom is -0.505 e. The molecule has 0 saturated carbocycles. The lowest BCUT2D eigenvalue weighted by molar-refractivity contribution is 0.0707. The summed E-state index contributed by atoms with van der Waals surface area (Å²) in [5.74, 6) is -0.716. The molecule has 0 aliphatic heterocycles. The van der Waals surface area contributed by atoms with E-state index in [2.05, 4.69) is 5.32 Å². The van der Waals surface area contributed by atoms with Gasteiger partial charge in [0.2, 0.25) is 0 Å². The first-order chi connectivity index (χ1) is 7.75. The van der Waals surface area contributed by atoms with Gasteiger partial charge in [-0.2, -0.15) is 0 Å². The fraction of sp³-hybridized carbons (Fsp3) is 0.417. The molecule has 1 rings (SSSR count). The van der Waals surface area contributed by atoms with Gasteiger partial charge in [0.05, 0.1) is 22.9 Å². The van der Waals surface area contributed by atoms with E-state index in [0.717, 1.165) is 0 Å². The van der Waals surface area contributed by atoms with Gasteiger partial charge in [-0.05, 0) is 32.9 Å². The van der Waals surface area contributed by atoms with Gasteiger partial charge in [-0.1, -0.05) is 6.07 Å². The molecular formula is C12H18N2O3. The second-order valence-electron chi connectivity index (χ2n) is 4.60. The molecule has 0 aromatic heterocycles. The van der Waals surface area contributed by atoms with Crippen LogP contribution in [0.4, 0.5) is 5.69 Å². The average Bonchev–Trinajstić information content (AvgIpc) is 2.21. The van der Waals surface area contributed by atoms with Gasteiger partial charge >= 0.3 is 0 Å². The Labute approximate surface area is 100 Å². The number of nitrogen functional groups attached to an aromatic ring is 1. The zero-order valence-electron chi connectivity index (χ0n) is 10.2. The number of benzene rings is 1. The number of aromatic hydroxyl groups is 1. The maximum absolute atomic E-state index is 11.9. The number of amides is 1. The highest BCUT2D eigenvalue weighted by atomic mass is 16.3. The highest BCUT2D eigenvalue weighted by Crippen LogP contribution is 2.24. The zero-order valence-corrected chi connectivity index (χ0v) is 10.2. The second-order valence-corrected chi connectivity index (χ2v) is 4.60. The first kappa shape index (κ1) is 13.3. The number of carbonyl (C=O) groups excluding carboxylic acids is 1. The van der Waals surface area contributed by atoms with Crippen molar-refractivity contribution in [1.29, 1.82) is 0 Å². The van der Waals surface area contributed by atoms with Crippen molar-refractivity contribution in [3.8, 4) is 5.75 Å². The third-order valence-corrected chi connectivity index (χ3v) is 2.79. The molecule has 5 N–H and O–H groups in total. The summed E-state index contributed by atoms with van der Waals surface area (Å²) in [6.07, 6.45) is -0.713. The molecule has 0 saturated heterocycles. The maximum Gasteiger partial charge on any atom is 0.255 e. The minimum absolute atomic E-state index is 0.0960. The quantitative estimate of drug-likeness (QED) is 0.464. The number of hydrogen-bond acceptors (Lipinski definition) is 4. The second kappa shape index (κ2) is 4.63. The molecule has 0 fully saturated rings. The lowest BCUT2D eigenvalue weighted by Gasteiger charge is -2.29. The van der Waals surface area contributed by atoms with Crippen LogP contribution < -0.4 is 11.1 Å². The van der Waals surface area contributed by atoms with Crippen molar-refractivity contribution in [3.63, 3.8) is 0 Å². The van der Waals surface area contributed by atoms with Crippen LogP contribution in [0.5, 0.6) is 5.75 Å². The van der Waals surface area contributed by atoms with Gasteiger partial charge in [0, 0.05) is 0 Å². The monoisotopic (exact) mass is 238 g/mol. The number of aliphatic hydroxyl groups excluding tert-OH is 1. The number of para-hydroxylation sites is 1. The largest absolute Gasteiger partial charge is 0.505 e. The Morgan fingerprint density at radius 1 is 1.47 bits per heavy atom. The average molecular weight is 238 g/mol. The molecule has 94 valence electrons. The van der Waals surface area contributed by atoms with E-state index >= 15 is 0 Å². The first-order valence-electron chi connectivity index (χ1n) is 5.33. The van der Waals surface area contributed by atoms with Crippen LogP contribution in [0, 0.1) is 0 Å². The number of aliphatic hydroxyl groups is 1. The Kier molecular flexibility index (Phi) is 3.63. The van der Waals surface area contributed by atoms with Crippen LogP contribution in [0.2, 0.25) is 0 Å². The molecule has 0 aliphatic carbocycles. The normalized spacial score (nSPS) is 13.2. The minimum atomic E-state index is -0.784. The Balaban J connectivity index is 2.95. The summed E-state index contributed by atoms with van der Waals surface area (Å²) in [6, 6.07) is 4.56. The van der Waals surface area contributed by atoms with Gasteiger partial charge in [-0.15, -0.1) is 0 Å². The molecule has 5 heteroatoms. The van der Waals surface area contributed by atoms with Crippen molar-refractivity contribution in [2.45, 2.75) is 32.4 Å². The van der Waals surface area contributed by atoms with E-state index in [1.165, 1.54) is 12.1 Å². The molecule has 1 aromatic carbocycles. The van der Waals surface area contributed by atoms with Gasteiger partial charge in [-0.3, -0.25) is 4.79 Å². The van der Waals surface area contributed by atoms with Crippen LogP contribution >= 0.6 is 0 Å². The van der Waals surface area contributed by atoms with Gasteiger partial charge in [-0.25, -0.2) is 0 Å². The number of phenolic OH excluding ortho intramolecular Hbond substituents is 1. The molecular weight excluding hydrogens is 220 g/mol. The van der Waals surface area contributed by atoms with E-state index in [9.17, 15) is 15.0 Å². The third-order valence-electron chi connectivity index (χ3n) is 2.79. The standard InChI is InChI=1S/C12H18N2O3/c1-7(15)12(2,3)14-11(17)8-5-4-6-9(13)10(8)16/h4-7,15-16H,13H2,1-3H3,(H,14,17). The van der Waals surface area contributed by atoms with Crippen LogP contribution in [0.15, 0.2) is 18.2 Å². The Morgan fingerprint density at radius 2 is 2.06 bits per heavy atom. The number of anilines is 1. The molecule has 17 heavy (non-hydrogen) atoms. The number of rotatable bonds is 3. The number of carbonyl (C=O) groups is 1. The third kappa shape index (κ3) is 2.88. The number of nitrogens with two attached hydrogens (primary N) is 1. The predicted octanol–water partition coefficient (Wildman–Crippen LogP) is 0.864. The Hall–Kier alpha value is -1.75. The van der Waals surface area contributed by atoms with Crippen molar-refractivity contribution in [3.05, 3.63) is 23.8 Å². The van der Waals surface area contributed by atoms with E-state index in [-0.39, 0.29) is 17.0 Å². The number of hydrogen-bond donors (Lipinski definition) is 4. The molecule has 0 radical (unpaired) electrons. The van der Waals surface area contributed by atoms with Crippen molar-refractivity contribution in [1.82, 2.24) is 5.32 Å². The van der Waals surface area contributed by atoms with E-state index in [1.807, 2.05) is 0 Å². The number of nitrogens with one attached hydrogen (secondary N) is 1. The van der Waals surface area contributed by atoms with Crippen molar-refractivity contribution in [2.75, 3.05) is 5.73 Å². The van der Waals surface area contributed by atoms with Gasteiger partial charge in [0.25, 0.3) is 5.91 Å². The maximum atomic E-state index is 11.9. The van der Waals surface area contributed by atoms with Crippen LogP contribution in [0.25, 0.3) is 0 Å². The SMILES string of the molecule is CC(O)C(C)(C)NC(=O)c1cccc(N)c1O. The van der Waals surface area contributed by atoms with Crippen LogP contribution in [0.3, 0.4) is 0 Å². The van der Waals surface area contributed by atoms with E-state index in [1.54, 1.807) is 26.8 Å². The first-order valence-corrected chi connectivity index (χ1v) is 5.33. The van der Waals surface area contributed by atoms with Crippen LogP contribution in [0.1, 0.15) is 31.1 Å². The molecule has 0 spiro atoms. The fourth-order valence-electron chi connectivity index (χ4n) is 1.21. The van der Waals surface area contributed by atoms with Crippen molar-refractivity contribution >= 4 is 11.6 Å². The fourth-order valence-corrected chi connectivity index (χ4v) is 1.21. The summed E-state index contributed by atoms with van der Waals surface area (Å²) in [4.78, 5) is 11.9. The smallest absolute Gasteiger partial charge is 0.255 e. The summed E-state index contributed by atoms with van der Waals surface area (Å²) >= 11 is 0. The molecule has 1 unspecified atom stereocenters. The molecule has 5 nitrogen and oxygen atoms in total. The van der Waals surface area contributed by atoms with E-state index in [0.29, 0.717) is 0 Å². The molecule has 0 aliphatic rings. The topological polar surface area (TPSA) is 95.6 Å². The predicted molar refractivity (Wildman–Crippen MR) is 65.7 cm³/mol. The number of phenols is 1. The lowest BCUT2D eigenvalue weighted by atomic mass is 9.98. The Morgan fingerprint density at radius 3 is 2.59 bits per heavy atom. The van der Waals surface area contributed by atoms with Gasteiger partial charge < -0.3 is 21.3 Å². The van der Waals surface area contributed by atoms with Crippen LogP contribution in [-0.2, 0) is 0 Å². The summed E-state index contributed by atoms with van der Waals surface area (Å²) in [7, 11) is 0. The van der Waals surface area contributed by atoms with Gasteiger partial charge in [0.15, 0.2) is 5.75 Å². The van der Waals surface area contributed by atoms with E-state index < -0.39 is 17.6 Å². The highest BCUT2D eigenvalue weighted by molar-refractivity contribution is 5.98. The van der Waals surface area contributed by atoms with E-state index in [4.69, 9.17) is 5.73 Å². The molecule has 0 bridgehead atoms. The van der Waals surface area contributed by atoms with Crippen LogP contribution in [-0.4, -0.2) is 27.8 Å². The van der Waals surface area contributed by atoms with Crippen molar-refractivity contribution in [2.24, 2.45) is 0 Å². The van der Waals surface area contributed by atoms with Crippen molar-refractivity contribution < 1.29 is 15.0 Å².